The Bertz CT molecular complexity index is 988. The van der Waals surface area contributed by atoms with Crippen molar-refractivity contribution in [1.29, 1.82) is 0 Å². The molecule has 8 heteroatoms. The molecule has 188 valence electrons. The maximum absolute atomic E-state index is 15.8. The Morgan fingerprint density at radius 3 is 2.56 bits per heavy atom. The predicted molar refractivity (Wildman–Crippen MR) is 119 cm³/mol. The number of alkyl halides is 1. The number of aliphatic hydroxyl groups excluding tert-OH is 2. The number of aliphatic hydroxyl groups is 2. The quantitative estimate of drug-likeness (QED) is 0.569. The van der Waals surface area contributed by atoms with Crippen molar-refractivity contribution in [2.24, 2.45) is 28.6 Å². The van der Waals surface area contributed by atoms with Gasteiger partial charge in [-0.25, -0.2) is 4.39 Å². The number of carbonyl (C=O) groups is 2. The van der Waals surface area contributed by atoms with Crippen LogP contribution in [0.4, 0.5) is 4.39 Å². The van der Waals surface area contributed by atoms with Gasteiger partial charge in [0.2, 0.25) is 0 Å². The van der Waals surface area contributed by atoms with Gasteiger partial charge in [-0.2, -0.15) is 0 Å². The number of ketones is 1. The van der Waals surface area contributed by atoms with Gasteiger partial charge in [0.1, 0.15) is 11.8 Å². The first-order valence-corrected chi connectivity index (χ1v) is 12.3. The van der Waals surface area contributed by atoms with E-state index >= 15 is 4.39 Å². The zero-order valence-electron chi connectivity index (χ0n) is 20.2. The van der Waals surface area contributed by atoms with Crippen molar-refractivity contribution >= 4 is 11.8 Å². The molecule has 0 aromatic carbocycles. The summed E-state index contributed by atoms with van der Waals surface area (Å²) in [4.78, 5) is 24.0. The molecule has 5 aliphatic rings. The fraction of sp³-hybridized carbons (Fsp3) is 0.769. The van der Waals surface area contributed by atoms with Crippen LogP contribution in [0.5, 0.6) is 0 Å². The first kappa shape index (κ1) is 24.1. The molecule has 0 aromatic rings. The molecular weight excluding hydrogens is 443 g/mol. The summed E-state index contributed by atoms with van der Waals surface area (Å²) in [5.74, 6) is -3.05. The molecule has 4 aliphatic carbocycles. The molecule has 4 fully saturated rings. The number of allylic oxidation sites excluding steroid dienone is 3. The van der Waals surface area contributed by atoms with E-state index in [2.05, 4.69) is 6.92 Å². The molecule has 0 unspecified atom stereocenters. The second-order valence-electron chi connectivity index (χ2n) is 11.8. The molecule has 7 nitrogen and oxygen atoms in total. The summed E-state index contributed by atoms with van der Waals surface area (Å²) < 4.78 is 28.6. The van der Waals surface area contributed by atoms with Crippen molar-refractivity contribution in [2.75, 3.05) is 6.61 Å². The number of hydrogen-bond acceptors (Lipinski definition) is 6. The van der Waals surface area contributed by atoms with Crippen LogP contribution in [0.2, 0.25) is 0 Å². The van der Waals surface area contributed by atoms with Crippen LogP contribution in [0.25, 0.3) is 0 Å². The molecule has 0 amide bonds. The highest BCUT2D eigenvalue weighted by molar-refractivity contribution is 6.02. The lowest BCUT2D eigenvalue weighted by Gasteiger charge is -2.61. The summed E-state index contributed by atoms with van der Waals surface area (Å²) in [5.41, 5.74) is -1.77. The Hall–Kier alpha value is -1.61. The number of carboxylic acid groups (broad SMARTS) is 1. The zero-order valence-corrected chi connectivity index (χ0v) is 20.2. The van der Waals surface area contributed by atoms with Gasteiger partial charge in [0.05, 0.1) is 18.6 Å². The van der Waals surface area contributed by atoms with Gasteiger partial charge in [-0.1, -0.05) is 13.8 Å². The highest BCUT2D eigenvalue weighted by Gasteiger charge is 2.74. The molecule has 3 N–H and O–H groups in total. The molecule has 0 bridgehead atoms. The smallest absolute Gasteiger partial charge is 0.307 e. The van der Waals surface area contributed by atoms with Crippen LogP contribution in [0.3, 0.4) is 0 Å². The van der Waals surface area contributed by atoms with Gasteiger partial charge < -0.3 is 24.8 Å². The zero-order chi connectivity index (χ0) is 24.8. The molecule has 5 rings (SSSR count). The molecule has 34 heavy (non-hydrogen) atoms. The van der Waals surface area contributed by atoms with Crippen LogP contribution in [0.15, 0.2) is 23.3 Å². The van der Waals surface area contributed by atoms with Crippen molar-refractivity contribution in [2.45, 2.75) is 89.6 Å². The fourth-order valence-corrected chi connectivity index (χ4v) is 8.79. The van der Waals surface area contributed by atoms with Gasteiger partial charge in [-0.05, 0) is 68.2 Å². The largest absolute Gasteiger partial charge is 0.481 e. The average Bonchev–Trinajstić information content (AvgIpc) is 3.08. The normalized spacial score (nSPS) is 48.9. The van der Waals surface area contributed by atoms with E-state index < -0.39 is 52.2 Å². The van der Waals surface area contributed by atoms with Crippen LogP contribution >= 0.6 is 0 Å². The topological polar surface area (TPSA) is 113 Å². The summed E-state index contributed by atoms with van der Waals surface area (Å²) in [7, 11) is 0. The third-order valence-corrected chi connectivity index (χ3v) is 9.84. The first-order valence-electron chi connectivity index (χ1n) is 12.3. The third-order valence-electron chi connectivity index (χ3n) is 9.84. The maximum Gasteiger partial charge on any atom is 0.307 e. The van der Waals surface area contributed by atoms with E-state index in [9.17, 15) is 24.9 Å². The lowest BCUT2D eigenvalue weighted by atomic mass is 9.44. The highest BCUT2D eigenvalue weighted by atomic mass is 19.1. The Balaban J connectivity index is 1.61. The van der Waals surface area contributed by atoms with E-state index in [1.54, 1.807) is 6.92 Å². The lowest BCUT2D eigenvalue weighted by Crippen LogP contribution is -2.62. The van der Waals surface area contributed by atoms with Crippen LogP contribution in [-0.2, 0) is 19.1 Å². The molecule has 9 atom stereocenters. The second kappa shape index (κ2) is 7.45. The van der Waals surface area contributed by atoms with Crippen LogP contribution in [0.1, 0.15) is 59.8 Å². The van der Waals surface area contributed by atoms with Gasteiger partial charge in [0, 0.05) is 29.8 Å². The number of fused-ring (bicyclic) bond motifs is 7. The number of rotatable bonds is 4. The van der Waals surface area contributed by atoms with E-state index in [0.717, 1.165) is 0 Å². The molecule has 1 saturated heterocycles. The van der Waals surface area contributed by atoms with Gasteiger partial charge in [0.15, 0.2) is 11.6 Å². The Morgan fingerprint density at radius 1 is 1.21 bits per heavy atom. The van der Waals surface area contributed by atoms with Crippen LogP contribution in [-0.4, -0.2) is 63.4 Å². The van der Waals surface area contributed by atoms with Gasteiger partial charge >= 0.3 is 5.97 Å². The predicted octanol–water partition coefficient (Wildman–Crippen LogP) is 2.94. The van der Waals surface area contributed by atoms with Crippen molar-refractivity contribution in [3.8, 4) is 0 Å². The first-order chi connectivity index (χ1) is 15.8. The summed E-state index contributed by atoms with van der Waals surface area (Å²) in [6.45, 7) is 7.47. The number of ether oxygens (including phenoxy) is 2. The van der Waals surface area contributed by atoms with Gasteiger partial charge in [0.25, 0.3) is 0 Å². The van der Waals surface area contributed by atoms with Gasteiger partial charge in [-0.15, -0.1) is 0 Å². The lowest BCUT2D eigenvalue weighted by molar-refractivity contribution is -0.232. The summed E-state index contributed by atoms with van der Waals surface area (Å²) in [5, 5.41) is 31.2. The van der Waals surface area contributed by atoms with E-state index in [0.29, 0.717) is 24.8 Å². The minimum atomic E-state index is -1.41. The third kappa shape index (κ3) is 3.01. The van der Waals surface area contributed by atoms with E-state index in [1.165, 1.54) is 12.2 Å². The number of carboxylic acids is 1. The van der Waals surface area contributed by atoms with Gasteiger partial charge in [-0.3, -0.25) is 9.59 Å². The van der Waals surface area contributed by atoms with Crippen molar-refractivity contribution in [3.63, 3.8) is 0 Å². The molecule has 1 heterocycles. The SMILES string of the molecule is CC1(C)O[C@@H]2C[C@H]3[C@@H]4C[C@H](F)C5=CC(=O)C=C(CC(=O)O)[C@@]5(C)[C@H]4[C@@H](O)C[C@]3(C)[C@]2(CCO)O1. The monoisotopic (exact) mass is 478 g/mol. The van der Waals surface area contributed by atoms with Crippen LogP contribution < -0.4 is 0 Å². The number of hydrogen-bond donors (Lipinski definition) is 3. The van der Waals surface area contributed by atoms with Crippen LogP contribution in [0, 0.1) is 28.6 Å². The summed E-state index contributed by atoms with van der Waals surface area (Å²) in [6, 6.07) is 0. The number of carbonyl (C=O) groups excluding carboxylic acids is 1. The number of halogens is 1. The van der Waals surface area contributed by atoms with E-state index in [1.807, 2.05) is 13.8 Å². The average molecular weight is 479 g/mol. The maximum atomic E-state index is 15.8. The van der Waals surface area contributed by atoms with Crippen molar-refractivity contribution in [3.05, 3.63) is 23.3 Å². The Labute approximate surface area is 199 Å². The van der Waals surface area contributed by atoms with Crippen molar-refractivity contribution in [1.82, 2.24) is 0 Å². The fourth-order valence-electron chi connectivity index (χ4n) is 8.79. The summed E-state index contributed by atoms with van der Waals surface area (Å²) >= 11 is 0. The van der Waals surface area contributed by atoms with E-state index in [4.69, 9.17) is 9.47 Å². The molecule has 1 aliphatic heterocycles. The highest BCUT2D eigenvalue weighted by Crippen LogP contribution is 2.71. The molecule has 0 aromatic heterocycles. The molecule has 0 radical (unpaired) electrons. The minimum absolute atomic E-state index is 0.0473. The Kier molecular flexibility index (Phi) is 5.28. The summed E-state index contributed by atoms with van der Waals surface area (Å²) in [6.07, 6.45) is 1.18. The second-order valence-corrected chi connectivity index (χ2v) is 11.8. The minimum Gasteiger partial charge on any atom is -0.481 e. The number of aliphatic carboxylic acids is 1. The van der Waals surface area contributed by atoms with Crippen molar-refractivity contribution < 1.29 is 38.8 Å². The molecular formula is C26H35FO7. The standard InChI is InChI=1S/C26H35FO7/c1-23(2)33-20-11-16-15-10-18(27)17-9-14(29)7-13(8-21(31)32)25(17,4)22(15)19(30)12-24(16,3)26(20,34-23)5-6-28/h7,9,15-16,18-20,22,28,30H,5-6,8,10-12H2,1-4H3,(H,31,32)/t15-,16-,18-,19-,20+,22+,24-,25+,26+/m0/s1. The molecule has 3 saturated carbocycles. The molecule has 0 spiro atoms. The Morgan fingerprint density at radius 2 is 1.91 bits per heavy atom. The van der Waals surface area contributed by atoms with E-state index in [-0.39, 0.29) is 43.0 Å².